The third kappa shape index (κ3) is 2.57. The normalized spacial score (nSPS) is 12.5. The summed E-state index contributed by atoms with van der Waals surface area (Å²) in [5.41, 5.74) is 3.03. The molecule has 0 radical (unpaired) electrons. The number of benzene rings is 1. The third-order valence-corrected chi connectivity index (χ3v) is 2.20. The molecule has 0 aliphatic rings. The van der Waals surface area contributed by atoms with Gasteiger partial charge in [0.05, 0.1) is 0 Å². The maximum atomic E-state index is 10.4. The van der Waals surface area contributed by atoms with Crippen molar-refractivity contribution in [3.05, 3.63) is 34.9 Å². The van der Waals surface area contributed by atoms with Gasteiger partial charge in [0.2, 0.25) is 0 Å². The topological polar surface area (TPSA) is 57.5 Å². The van der Waals surface area contributed by atoms with Crippen LogP contribution in [-0.2, 0) is 11.2 Å². The highest BCUT2D eigenvalue weighted by atomic mass is 16.4. The molecular formula is C11H14O3. The minimum absolute atomic E-state index is 0.168. The van der Waals surface area contributed by atoms with E-state index in [0.29, 0.717) is 0 Å². The fourth-order valence-electron chi connectivity index (χ4n) is 1.37. The first-order valence-corrected chi connectivity index (χ1v) is 4.47. The molecule has 1 unspecified atom stereocenters. The number of carboxylic acids is 1. The van der Waals surface area contributed by atoms with Gasteiger partial charge in [-0.2, -0.15) is 0 Å². The van der Waals surface area contributed by atoms with E-state index in [2.05, 4.69) is 0 Å². The van der Waals surface area contributed by atoms with Gasteiger partial charge in [-0.3, -0.25) is 0 Å². The summed E-state index contributed by atoms with van der Waals surface area (Å²) in [6.07, 6.45) is -1.14. The molecule has 0 aromatic heterocycles. The molecule has 76 valence electrons. The van der Waals surface area contributed by atoms with Crippen molar-refractivity contribution in [2.75, 3.05) is 0 Å². The molecule has 14 heavy (non-hydrogen) atoms. The Bertz CT molecular complexity index is 344. The summed E-state index contributed by atoms with van der Waals surface area (Å²) in [4.78, 5) is 10.4. The zero-order chi connectivity index (χ0) is 10.7. The van der Waals surface area contributed by atoms with Gasteiger partial charge in [0.15, 0.2) is 6.10 Å². The summed E-state index contributed by atoms with van der Waals surface area (Å²) in [5, 5.41) is 17.7. The van der Waals surface area contributed by atoms with E-state index in [1.54, 1.807) is 0 Å². The van der Waals surface area contributed by atoms with E-state index in [0.717, 1.165) is 16.7 Å². The van der Waals surface area contributed by atoms with Crippen molar-refractivity contribution in [3.8, 4) is 0 Å². The molecule has 1 atom stereocenters. The van der Waals surface area contributed by atoms with Gasteiger partial charge in [0.1, 0.15) is 0 Å². The molecular weight excluding hydrogens is 180 g/mol. The average molecular weight is 194 g/mol. The first-order valence-electron chi connectivity index (χ1n) is 4.47. The largest absolute Gasteiger partial charge is 0.479 e. The van der Waals surface area contributed by atoms with Crippen molar-refractivity contribution in [1.82, 2.24) is 0 Å². The van der Waals surface area contributed by atoms with Crippen LogP contribution in [0.1, 0.15) is 16.7 Å². The Labute approximate surface area is 83.0 Å². The number of carboxylic acid groups (broad SMARTS) is 1. The Morgan fingerprint density at radius 3 is 2.57 bits per heavy atom. The smallest absolute Gasteiger partial charge is 0.332 e. The fraction of sp³-hybridized carbons (Fsp3) is 0.364. The monoisotopic (exact) mass is 194 g/mol. The molecule has 0 spiro atoms. The number of aliphatic hydroxyl groups is 1. The van der Waals surface area contributed by atoms with Crippen LogP contribution in [0.4, 0.5) is 0 Å². The highest BCUT2D eigenvalue weighted by Gasteiger charge is 2.14. The summed E-state index contributed by atoms with van der Waals surface area (Å²) < 4.78 is 0. The molecule has 0 aliphatic carbocycles. The Kier molecular flexibility index (Phi) is 3.25. The van der Waals surface area contributed by atoms with E-state index < -0.39 is 12.1 Å². The van der Waals surface area contributed by atoms with Gasteiger partial charge in [-0.1, -0.05) is 23.8 Å². The highest BCUT2D eigenvalue weighted by molar-refractivity contribution is 5.72. The predicted molar refractivity (Wildman–Crippen MR) is 53.3 cm³/mol. The zero-order valence-corrected chi connectivity index (χ0v) is 8.32. The van der Waals surface area contributed by atoms with E-state index >= 15 is 0 Å². The van der Waals surface area contributed by atoms with Crippen molar-refractivity contribution in [1.29, 1.82) is 0 Å². The highest BCUT2D eigenvalue weighted by Crippen LogP contribution is 2.12. The number of aliphatic carboxylic acids is 1. The molecule has 3 heteroatoms. The van der Waals surface area contributed by atoms with E-state index in [4.69, 9.17) is 5.11 Å². The first-order chi connectivity index (χ1) is 6.50. The molecule has 0 bridgehead atoms. The summed E-state index contributed by atoms with van der Waals surface area (Å²) in [6.45, 7) is 3.89. The van der Waals surface area contributed by atoms with E-state index in [9.17, 15) is 9.90 Å². The van der Waals surface area contributed by atoms with Gasteiger partial charge in [-0.25, -0.2) is 4.79 Å². The lowest BCUT2D eigenvalue weighted by molar-refractivity contribution is -0.146. The van der Waals surface area contributed by atoms with E-state index in [1.807, 2.05) is 32.0 Å². The second-order valence-electron chi connectivity index (χ2n) is 3.49. The average Bonchev–Trinajstić information content (AvgIpc) is 2.09. The van der Waals surface area contributed by atoms with E-state index in [1.165, 1.54) is 0 Å². The summed E-state index contributed by atoms with van der Waals surface area (Å²) in [5.74, 6) is -1.18. The van der Waals surface area contributed by atoms with Crippen LogP contribution in [0.3, 0.4) is 0 Å². The molecule has 0 amide bonds. The molecule has 0 aliphatic heterocycles. The number of carbonyl (C=O) groups is 1. The molecule has 1 rings (SSSR count). The summed E-state index contributed by atoms with van der Waals surface area (Å²) >= 11 is 0. The number of aliphatic hydroxyl groups excluding tert-OH is 1. The molecule has 1 aromatic carbocycles. The van der Waals surface area contributed by atoms with Crippen LogP contribution in [0.25, 0.3) is 0 Å². The molecule has 0 saturated carbocycles. The molecule has 3 nitrogen and oxygen atoms in total. The lowest BCUT2D eigenvalue weighted by Crippen LogP contribution is -2.22. The lowest BCUT2D eigenvalue weighted by atomic mass is 10.0. The molecule has 2 N–H and O–H groups in total. The summed E-state index contributed by atoms with van der Waals surface area (Å²) in [7, 11) is 0. The van der Waals surface area contributed by atoms with Crippen molar-refractivity contribution in [2.45, 2.75) is 26.4 Å². The van der Waals surface area contributed by atoms with Gasteiger partial charge >= 0.3 is 5.97 Å². The van der Waals surface area contributed by atoms with E-state index in [-0.39, 0.29) is 6.42 Å². The summed E-state index contributed by atoms with van der Waals surface area (Å²) in [6, 6.07) is 5.75. The standard InChI is InChI=1S/C11H14O3/c1-7-3-4-9(8(2)5-7)6-10(12)11(13)14/h3-5,10,12H,6H2,1-2H3,(H,13,14). The maximum Gasteiger partial charge on any atom is 0.332 e. The molecule has 0 saturated heterocycles. The third-order valence-electron chi connectivity index (χ3n) is 2.20. The number of hydrogen-bond acceptors (Lipinski definition) is 2. The zero-order valence-electron chi connectivity index (χ0n) is 8.32. The Balaban J connectivity index is 2.82. The second kappa shape index (κ2) is 4.24. The van der Waals surface area contributed by atoms with Gasteiger partial charge in [-0.05, 0) is 25.0 Å². The van der Waals surface area contributed by atoms with Crippen molar-refractivity contribution < 1.29 is 15.0 Å². The number of aryl methyl sites for hydroxylation is 2. The Morgan fingerprint density at radius 1 is 1.43 bits per heavy atom. The van der Waals surface area contributed by atoms with Gasteiger partial charge in [-0.15, -0.1) is 0 Å². The Morgan fingerprint density at radius 2 is 2.07 bits per heavy atom. The molecule has 0 fully saturated rings. The second-order valence-corrected chi connectivity index (χ2v) is 3.49. The molecule has 1 aromatic rings. The van der Waals surface area contributed by atoms with Crippen LogP contribution in [0.2, 0.25) is 0 Å². The fourth-order valence-corrected chi connectivity index (χ4v) is 1.37. The minimum Gasteiger partial charge on any atom is -0.479 e. The quantitative estimate of drug-likeness (QED) is 0.762. The van der Waals surface area contributed by atoms with Crippen molar-refractivity contribution in [3.63, 3.8) is 0 Å². The van der Waals surface area contributed by atoms with Crippen molar-refractivity contribution >= 4 is 5.97 Å². The lowest BCUT2D eigenvalue weighted by Gasteiger charge is -2.09. The van der Waals surface area contributed by atoms with Crippen LogP contribution in [0, 0.1) is 13.8 Å². The first kappa shape index (κ1) is 10.7. The van der Waals surface area contributed by atoms with Gasteiger partial charge < -0.3 is 10.2 Å². The van der Waals surface area contributed by atoms with Crippen LogP contribution in [0.15, 0.2) is 18.2 Å². The van der Waals surface area contributed by atoms with Crippen LogP contribution in [-0.4, -0.2) is 22.3 Å². The van der Waals surface area contributed by atoms with Crippen LogP contribution < -0.4 is 0 Å². The van der Waals surface area contributed by atoms with Crippen LogP contribution >= 0.6 is 0 Å². The minimum atomic E-state index is -1.31. The predicted octanol–water partition coefficient (Wildman–Crippen LogP) is 1.29. The number of hydrogen-bond donors (Lipinski definition) is 2. The Hall–Kier alpha value is -1.35. The van der Waals surface area contributed by atoms with Crippen LogP contribution in [0.5, 0.6) is 0 Å². The molecule has 0 heterocycles. The van der Waals surface area contributed by atoms with Gasteiger partial charge in [0.25, 0.3) is 0 Å². The number of rotatable bonds is 3. The maximum absolute atomic E-state index is 10.4. The van der Waals surface area contributed by atoms with Gasteiger partial charge in [0, 0.05) is 6.42 Å². The SMILES string of the molecule is Cc1ccc(CC(O)C(=O)O)c(C)c1. The van der Waals surface area contributed by atoms with Crippen molar-refractivity contribution in [2.24, 2.45) is 0 Å².